The van der Waals surface area contributed by atoms with E-state index < -0.39 is 0 Å². The van der Waals surface area contributed by atoms with E-state index in [2.05, 4.69) is 102 Å². The van der Waals surface area contributed by atoms with Crippen LogP contribution in [0.1, 0.15) is 81.0 Å². The van der Waals surface area contributed by atoms with Gasteiger partial charge in [0.25, 0.3) is 0 Å². The Morgan fingerprint density at radius 1 is 0.833 bits per heavy atom. The molecule has 0 unspecified atom stereocenters. The Hall–Kier alpha value is -2.62. The molecule has 0 aliphatic carbocycles. The Morgan fingerprint density at radius 2 is 1.50 bits per heavy atom. The number of hydrogen-bond acceptors (Lipinski definition) is 2. The van der Waals surface area contributed by atoms with E-state index in [9.17, 15) is 0 Å². The number of aryl methyl sites for hydroxylation is 3. The minimum absolute atomic E-state index is 0.00528. The Balaban J connectivity index is 1.90. The Labute approximate surface area is 180 Å². The van der Waals surface area contributed by atoms with Crippen molar-refractivity contribution in [3.8, 4) is 0 Å². The molecule has 30 heavy (non-hydrogen) atoms. The summed E-state index contributed by atoms with van der Waals surface area (Å²) in [6.45, 7) is 20.0. The molecule has 0 atom stereocenters. The lowest BCUT2D eigenvalue weighted by Crippen LogP contribution is -2.17. The topological polar surface area (TPSA) is 34.6 Å². The molecule has 0 fully saturated rings. The highest BCUT2D eigenvalue weighted by molar-refractivity contribution is 5.54. The van der Waals surface area contributed by atoms with Crippen molar-refractivity contribution in [2.45, 2.75) is 79.6 Å². The second-order valence-corrected chi connectivity index (χ2v) is 10.8. The number of rotatable bonds is 2. The second kappa shape index (κ2) is 6.69. The van der Waals surface area contributed by atoms with Crippen LogP contribution in [0.15, 0.2) is 30.6 Å². The molecule has 0 spiro atoms. The zero-order valence-corrected chi connectivity index (χ0v) is 19.9. The standard InChI is InChI=1S/C26H34N4/c1-16-10-11-29-21(12-16)28-20(23(29)26(7,8)9)14-19-13-17(2)24-27-18(3)22(25(4,5)6)30(24)15-19/h10-13,15H,14H2,1-9H3. The van der Waals surface area contributed by atoms with Gasteiger partial charge in [-0.25, -0.2) is 9.97 Å². The van der Waals surface area contributed by atoms with Gasteiger partial charge in [-0.3, -0.25) is 0 Å². The average molecular weight is 403 g/mol. The molecule has 4 aromatic heterocycles. The van der Waals surface area contributed by atoms with Crippen LogP contribution in [0.2, 0.25) is 0 Å². The molecule has 0 radical (unpaired) electrons. The van der Waals surface area contributed by atoms with E-state index in [1.54, 1.807) is 0 Å². The molecule has 4 nitrogen and oxygen atoms in total. The number of pyridine rings is 2. The lowest BCUT2D eigenvalue weighted by atomic mass is 9.89. The van der Waals surface area contributed by atoms with E-state index in [1.807, 2.05) is 0 Å². The van der Waals surface area contributed by atoms with Crippen LogP contribution in [0.5, 0.6) is 0 Å². The van der Waals surface area contributed by atoms with Gasteiger partial charge in [-0.2, -0.15) is 0 Å². The van der Waals surface area contributed by atoms with Crippen LogP contribution in [0.3, 0.4) is 0 Å². The summed E-state index contributed by atoms with van der Waals surface area (Å²) in [5.41, 5.74) is 10.7. The van der Waals surface area contributed by atoms with Gasteiger partial charge >= 0.3 is 0 Å². The fraction of sp³-hybridized carbons (Fsp3) is 0.462. The van der Waals surface area contributed by atoms with Crippen LogP contribution in [0, 0.1) is 20.8 Å². The van der Waals surface area contributed by atoms with Crippen molar-refractivity contribution in [1.29, 1.82) is 0 Å². The first-order valence-corrected chi connectivity index (χ1v) is 10.8. The lowest BCUT2D eigenvalue weighted by Gasteiger charge is -2.21. The predicted octanol–water partition coefficient (Wildman–Crippen LogP) is 6.09. The smallest absolute Gasteiger partial charge is 0.140 e. The molecule has 0 aromatic carbocycles. The van der Waals surface area contributed by atoms with Crippen LogP contribution in [0.25, 0.3) is 11.3 Å². The normalized spacial score (nSPS) is 13.0. The fourth-order valence-corrected chi connectivity index (χ4v) is 4.80. The van der Waals surface area contributed by atoms with Crippen molar-refractivity contribution in [3.63, 3.8) is 0 Å². The van der Waals surface area contributed by atoms with Crippen molar-refractivity contribution in [1.82, 2.24) is 18.8 Å². The van der Waals surface area contributed by atoms with Crippen molar-refractivity contribution >= 4 is 11.3 Å². The second-order valence-electron chi connectivity index (χ2n) is 10.8. The Morgan fingerprint density at radius 3 is 2.13 bits per heavy atom. The quantitative estimate of drug-likeness (QED) is 0.406. The van der Waals surface area contributed by atoms with Gasteiger partial charge in [0.2, 0.25) is 0 Å². The molecule has 158 valence electrons. The predicted molar refractivity (Wildman–Crippen MR) is 125 cm³/mol. The SMILES string of the molecule is Cc1ccn2c(C(C)(C)C)c(Cc3cc(C)c4nc(C)c(C(C)(C)C)n4c3)nc2c1. The third kappa shape index (κ3) is 3.42. The largest absolute Gasteiger partial charge is 0.303 e. The van der Waals surface area contributed by atoms with Crippen LogP contribution in [-0.2, 0) is 17.3 Å². The van der Waals surface area contributed by atoms with Gasteiger partial charge in [0, 0.05) is 29.6 Å². The van der Waals surface area contributed by atoms with Crippen LogP contribution < -0.4 is 0 Å². The third-order valence-corrected chi connectivity index (χ3v) is 5.78. The number of hydrogen-bond donors (Lipinski definition) is 0. The van der Waals surface area contributed by atoms with E-state index >= 15 is 0 Å². The van der Waals surface area contributed by atoms with E-state index in [0.29, 0.717) is 0 Å². The summed E-state index contributed by atoms with van der Waals surface area (Å²) >= 11 is 0. The Bertz CT molecular complexity index is 1260. The minimum Gasteiger partial charge on any atom is -0.303 e. The zero-order valence-electron chi connectivity index (χ0n) is 19.9. The van der Waals surface area contributed by atoms with Gasteiger partial charge < -0.3 is 8.80 Å². The van der Waals surface area contributed by atoms with E-state index in [4.69, 9.17) is 9.97 Å². The summed E-state index contributed by atoms with van der Waals surface area (Å²) in [4.78, 5) is 9.93. The molecule has 0 aliphatic rings. The van der Waals surface area contributed by atoms with Crippen molar-refractivity contribution in [3.05, 3.63) is 70.1 Å². The van der Waals surface area contributed by atoms with E-state index in [0.717, 1.165) is 29.1 Å². The summed E-state index contributed by atoms with van der Waals surface area (Å²) < 4.78 is 4.56. The molecule has 0 saturated heterocycles. The first kappa shape index (κ1) is 20.6. The van der Waals surface area contributed by atoms with Crippen LogP contribution in [0.4, 0.5) is 0 Å². The molecule has 0 bridgehead atoms. The minimum atomic E-state index is 0.00528. The summed E-state index contributed by atoms with van der Waals surface area (Å²) in [6, 6.07) is 6.60. The molecular formula is C26H34N4. The molecule has 0 N–H and O–H groups in total. The van der Waals surface area contributed by atoms with Crippen LogP contribution >= 0.6 is 0 Å². The number of nitrogens with zero attached hydrogens (tertiary/aromatic N) is 4. The maximum absolute atomic E-state index is 5.06. The molecular weight excluding hydrogens is 368 g/mol. The highest BCUT2D eigenvalue weighted by Gasteiger charge is 2.26. The maximum Gasteiger partial charge on any atom is 0.140 e. The monoisotopic (exact) mass is 402 g/mol. The first-order valence-electron chi connectivity index (χ1n) is 10.8. The van der Waals surface area contributed by atoms with Crippen molar-refractivity contribution < 1.29 is 0 Å². The average Bonchev–Trinajstić information content (AvgIpc) is 3.10. The van der Waals surface area contributed by atoms with Crippen LogP contribution in [-0.4, -0.2) is 18.8 Å². The molecule has 4 aromatic rings. The molecule has 0 saturated carbocycles. The summed E-state index contributed by atoms with van der Waals surface area (Å²) in [5.74, 6) is 0. The van der Waals surface area contributed by atoms with Gasteiger partial charge in [0.15, 0.2) is 0 Å². The number of aromatic nitrogens is 4. The molecule has 0 aliphatic heterocycles. The molecule has 4 heteroatoms. The summed E-state index contributed by atoms with van der Waals surface area (Å²) in [5, 5.41) is 0. The number of imidazole rings is 2. The van der Waals surface area contributed by atoms with Gasteiger partial charge in [0.05, 0.1) is 22.8 Å². The first-order chi connectivity index (χ1) is 13.9. The molecule has 0 amide bonds. The van der Waals surface area contributed by atoms with Crippen molar-refractivity contribution in [2.24, 2.45) is 0 Å². The fourth-order valence-electron chi connectivity index (χ4n) is 4.80. The highest BCUT2D eigenvalue weighted by atomic mass is 15.0. The highest BCUT2D eigenvalue weighted by Crippen LogP contribution is 2.31. The van der Waals surface area contributed by atoms with Gasteiger partial charge in [-0.1, -0.05) is 47.6 Å². The van der Waals surface area contributed by atoms with Crippen molar-refractivity contribution in [2.75, 3.05) is 0 Å². The third-order valence-electron chi connectivity index (χ3n) is 5.78. The molecule has 4 rings (SSSR count). The number of fused-ring (bicyclic) bond motifs is 2. The molecule has 4 heterocycles. The van der Waals surface area contributed by atoms with Gasteiger partial charge in [-0.15, -0.1) is 0 Å². The maximum atomic E-state index is 5.06. The van der Waals surface area contributed by atoms with E-state index in [-0.39, 0.29) is 10.8 Å². The van der Waals surface area contributed by atoms with E-state index in [1.165, 1.54) is 28.1 Å². The summed E-state index contributed by atoms with van der Waals surface area (Å²) in [7, 11) is 0. The zero-order chi connectivity index (χ0) is 22.0. The van der Waals surface area contributed by atoms with Gasteiger partial charge in [0.1, 0.15) is 11.3 Å². The Kier molecular flexibility index (Phi) is 4.61. The van der Waals surface area contributed by atoms with Gasteiger partial charge in [-0.05, 0) is 49.6 Å². The summed E-state index contributed by atoms with van der Waals surface area (Å²) in [6.07, 6.45) is 5.24. The lowest BCUT2D eigenvalue weighted by molar-refractivity contribution is 0.556.